The highest BCUT2D eigenvalue weighted by molar-refractivity contribution is 6.03. The fourth-order valence-electron chi connectivity index (χ4n) is 3.80. The molecular formula is C24H27N3O4. The van der Waals surface area contributed by atoms with Gasteiger partial charge in [-0.3, -0.25) is 9.59 Å². The maximum atomic E-state index is 13.2. The molecule has 0 N–H and O–H groups in total. The van der Waals surface area contributed by atoms with Gasteiger partial charge < -0.3 is 14.4 Å². The van der Waals surface area contributed by atoms with Gasteiger partial charge in [0.1, 0.15) is 18.0 Å². The van der Waals surface area contributed by atoms with Crippen LogP contribution in [0.1, 0.15) is 36.4 Å². The Kier molecular flexibility index (Phi) is 5.93. The molecule has 1 fully saturated rings. The van der Waals surface area contributed by atoms with Crippen molar-refractivity contribution < 1.29 is 19.1 Å². The summed E-state index contributed by atoms with van der Waals surface area (Å²) in [6.07, 6.45) is 2.40. The zero-order chi connectivity index (χ0) is 22.0. The Hall–Kier alpha value is -3.35. The van der Waals surface area contributed by atoms with Gasteiger partial charge in [-0.2, -0.15) is 5.10 Å². The highest BCUT2D eigenvalue weighted by atomic mass is 16.5. The highest BCUT2D eigenvalue weighted by Gasteiger charge is 2.36. The lowest BCUT2D eigenvalue weighted by molar-refractivity contribution is -0.141. The summed E-state index contributed by atoms with van der Waals surface area (Å²) in [5.41, 5.74) is 2.69. The van der Waals surface area contributed by atoms with Gasteiger partial charge in [0, 0.05) is 24.9 Å². The molecule has 2 aromatic rings. The van der Waals surface area contributed by atoms with Crippen molar-refractivity contribution in [2.24, 2.45) is 11.0 Å². The molecule has 2 aliphatic rings. The predicted molar refractivity (Wildman–Crippen MR) is 117 cm³/mol. The summed E-state index contributed by atoms with van der Waals surface area (Å²) in [7, 11) is 4.93. The van der Waals surface area contributed by atoms with Gasteiger partial charge in [0.05, 0.1) is 26.0 Å². The number of hydrogen-bond donors (Lipinski definition) is 0. The molecule has 0 aromatic heterocycles. The van der Waals surface area contributed by atoms with E-state index in [2.05, 4.69) is 5.10 Å². The molecule has 2 aromatic carbocycles. The predicted octanol–water partition coefficient (Wildman–Crippen LogP) is 3.25. The molecule has 1 atom stereocenters. The number of nitrogens with zero attached hydrogens (tertiary/aromatic N) is 3. The zero-order valence-electron chi connectivity index (χ0n) is 18.1. The van der Waals surface area contributed by atoms with Crippen LogP contribution >= 0.6 is 0 Å². The lowest BCUT2D eigenvalue weighted by atomic mass is 9.98. The quantitative estimate of drug-likeness (QED) is 0.688. The van der Waals surface area contributed by atoms with Crippen molar-refractivity contribution >= 4 is 17.5 Å². The van der Waals surface area contributed by atoms with E-state index in [1.165, 1.54) is 9.91 Å². The summed E-state index contributed by atoms with van der Waals surface area (Å²) in [4.78, 5) is 27.0. The van der Waals surface area contributed by atoms with Crippen LogP contribution in [0.3, 0.4) is 0 Å². The first-order valence-electron chi connectivity index (χ1n) is 10.4. The average Bonchev–Trinajstić information content (AvgIpc) is 3.56. The number of ether oxygens (including phenoxy) is 2. The SMILES string of the molecule is COc1ccc(C2CC(c3cccc(OC)c3)=NN2C(=O)CN(C)C(=O)C2CC2)cc1. The molecular weight excluding hydrogens is 394 g/mol. The number of carbonyl (C=O) groups is 2. The Labute approximate surface area is 182 Å². The van der Waals surface area contributed by atoms with Crippen molar-refractivity contribution in [3.8, 4) is 11.5 Å². The number of hydrogen-bond acceptors (Lipinski definition) is 5. The number of carbonyl (C=O) groups excluding carboxylic acids is 2. The lowest BCUT2D eigenvalue weighted by Gasteiger charge is -2.25. The van der Waals surface area contributed by atoms with E-state index in [1.807, 2.05) is 48.5 Å². The van der Waals surface area contributed by atoms with Gasteiger partial charge in [-0.05, 0) is 42.7 Å². The molecule has 0 saturated heterocycles. The van der Waals surface area contributed by atoms with Crippen LogP contribution in [0.15, 0.2) is 53.6 Å². The maximum absolute atomic E-state index is 13.2. The monoisotopic (exact) mass is 421 g/mol. The molecule has 1 saturated carbocycles. The smallest absolute Gasteiger partial charge is 0.262 e. The Morgan fingerprint density at radius 3 is 2.42 bits per heavy atom. The first-order valence-corrected chi connectivity index (χ1v) is 10.4. The van der Waals surface area contributed by atoms with E-state index in [0.29, 0.717) is 6.42 Å². The van der Waals surface area contributed by atoms with Gasteiger partial charge in [0.2, 0.25) is 5.91 Å². The Bertz CT molecular complexity index is 998. The van der Waals surface area contributed by atoms with Gasteiger partial charge in [0.15, 0.2) is 0 Å². The van der Waals surface area contributed by atoms with Crippen molar-refractivity contribution in [1.82, 2.24) is 9.91 Å². The summed E-state index contributed by atoms with van der Waals surface area (Å²) in [5, 5.41) is 6.20. The second-order valence-corrected chi connectivity index (χ2v) is 7.98. The zero-order valence-corrected chi connectivity index (χ0v) is 18.1. The molecule has 0 spiro atoms. The number of benzene rings is 2. The van der Waals surface area contributed by atoms with E-state index < -0.39 is 0 Å². The summed E-state index contributed by atoms with van der Waals surface area (Å²) in [6.45, 7) is 0.0108. The van der Waals surface area contributed by atoms with Crippen molar-refractivity contribution in [3.05, 3.63) is 59.7 Å². The van der Waals surface area contributed by atoms with E-state index in [4.69, 9.17) is 9.47 Å². The van der Waals surface area contributed by atoms with Gasteiger partial charge >= 0.3 is 0 Å². The van der Waals surface area contributed by atoms with Crippen LogP contribution in [-0.2, 0) is 9.59 Å². The fraction of sp³-hybridized carbons (Fsp3) is 0.375. The summed E-state index contributed by atoms with van der Waals surface area (Å²) >= 11 is 0. The third kappa shape index (κ3) is 4.55. The van der Waals surface area contributed by atoms with Crippen LogP contribution in [0.25, 0.3) is 0 Å². The molecule has 7 heteroatoms. The molecule has 4 rings (SSSR count). The van der Waals surface area contributed by atoms with Crippen LogP contribution in [0.5, 0.6) is 11.5 Å². The standard InChI is InChI=1S/C24H27N3O4/c1-26(24(29)17-7-8-17)15-23(28)27-22(16-9-11-19(30-2)12-10-16)14-21(25-27)18-5-4-6-20(13-18)31-3/h4-6,9-13,17,22H,7-8,14-15H2,1-3H3. The van der Waals surface area contributed by atoms with E-state index in [9.17, 15) is 9.59 Å². The second-order valence-electron chi connectivity index (χ2n) is 7.98. The molecule has 0 radical (unpaired) electrons. The minimum absolute atomic E-state index is 0.0108. The van der Waals surface area contributed by atoms with Crippen LogP contribution in [0, 0.1) is 5.92 Å². The van der Waals surface area contributed by atoms with E-state index >= 15 is 0 Å². The number of amides is 2. The van der Waals surface area contributed by atoms with E-state index in [-0.39, 0.29) is 30.3 Å². The largest absolute Gasteiger partial charge is 0.497 e. The van der Waals surface area contributed by atoms with Crippen LogP contribution in [0.2, 0.25) is 0 Å². The first kappa shape index (κ1) is 20.9. The van der Waals surface area contributed by atoms with Crippen LogP contribution < -0.4 is 9.47 Å². The normalized spacial score (nSPS) is 17.8. The lowest BCUT2D eigenvalue weighted by Crippen LogP contribution is -2.39. The fourth-order valence-corrected chi connectivity index (χ4v) is 3.80. The molecule has 1 aliphatic heterocycles. The van der Waals surface area contributed by atoms with E-state index in [0.717, 1.165) is 41.2 Å². The minimum Gasteiger partial charge on any atom is -0.497 e. The van der Waals surface area contributed by atoms with Crippen molar-refractivity contribution in [2.45, 2.75) is 25.3 Å². The average molecular weight is 421 g/mol. The summed E-state index contributed by atoms with van der Waals surface area (Å²) in [5.74, 6) is 1.40. The maximum Gasteiger partial charge on any atom is 0.262 e. The number of rotatable bonds is 7. The van der Waals surface area contributed by atoms with Crippen LogP contribution in [-0.4, -0.2) is 55.2 Å². The molecule has 1 unspecified atom stereocenters. The summed E-state index contributed by atoms with van der Waals surface area (Å²) in [6, 6.07) is 15.1. The molecule has 1 aliphatic carbocycles. The van der Waals surface area contributed by atoms with Crippen molar-refractivity contribution in [2.75, 3.05) is 27.8 Å². The van der Waals surface area contributed by atoms with Gasteiger partial charge in [-0.25, -0.2) is 5.01 Å². The molecule has 0 bridgehead atoms. The van der Waals surface area contributed by atoms with E-state index in [1.54, 1.807) is 21.3 Å². The molecule has 1 heterocycles. The Morgan fingerprint density at radius 1 is 1.06 bits per heavy atom. The number of methoxy groups -OCH3 is 2. The number of likely N-dealkylation sites (N-methyl/N-ethyl adjacent to an activating group) is 1. The van der Waals surface area contributed by atoms with Gasteiger partial charge in [0.25, 0.3) is 5.91 Å². The molecule has 2 amide bonds. The molecule has 162 valence electrons. The molecule has 7 nitrogen and oxygen atoms in total. The van der Waals surface area contributed by atoms with Gasteiger partial charge in [-0.15, -0.1) is 0 Å². The minimum atomic E-state index is -0.246. The topological polar surface area (TPSA) is 71.4 Å². The van der Waals surface area contributed by atoms with Crippen molar-refractivity contribution in [1.29, 1.82) is 0 Å². The Balaban J connectivity index is 1.60. The number of hydrazone groups is 1. The summed E-state index contributed by atoms with van der Waals surface area (Å²) < 4.78 is 10.6. The Morgan fingerprint density at radius 2 is 1.77 bits per heavy atom. The second kappa shape index (κ2) is 8.79. The highest BCUT2D eigenvalue weighted by Crippen LogP contribution is 2.35. The van der Waals surface area contributed by atoms with Gasteiger partial charge in [-0.1, -0.05) is 24.3 Å². The third-order valence-corrected chi connectivity index (χ3v) is 5.74. The first-order chi connectivity index (χ1) is 15.0. The van der Waals surface area contributed by atoms with Crippen LogP contribution in [0.4, 0.5) is 0 Å². The molecule has 31 heavy (non-hydrogen) atoms. The van der Waals surface area contributed by atoms with Crippen molar-refractivity contribution in [3.63, 3.8) is 0 Å². The third-order valence-electron chi connectivity index (χ3n) is 5.74.